The number of rotatable bonds is 3. The highest BCUT2D eigenvalue weighted by Crippen LogP contribution is 2.31. The van der Waals surface area contributed by atoms with Gasteiger partial charge in [0.2, 0.25) is 5.91 Å². The maximum Gasteiger partial charge on any atom is 0.406 e. The number of halogens is 3. The first-order valence-corrected chi connectivity index (χ1v) is 10.4. The monoisotopic (exact) mass is 424 g/mol. The standard InChI is InChI=1S/C20H27F3N6O/c1-19(2,3)15-4-5-16-24-25-17(29(16)26-15)13-6-9-27(10-7-13)14-8-11-28(18(14)30)12-20(21,22)23/h4-5,13-14H,6-12H2,1-3H3. The summed E-state index contributed by atoms with van der Waals surface area (Å²) in [5.74, 6) is 0.559. The molecule has 0 radical (unpaired) electrons. The van der Waals surface area contributed by atoms with Crippen LogP contribution in [0.25, 0.3) is 5.65 Å². The topological polar surface area (TPSA) is 66.6 Å². The van der Waals surface area contributed by atoms with Gasteiger partial charge in [-0.15, -0.1) is 10.2 Å². The first kappa shape index (κ1) is 21.0. The maximum absolute atomic E-state index is 12.7. The molecule has 7 nitrogen and oxygen atoms in total. The average Bonchev–Trinajstić information content (AvgIpc) is 3.24. The average molecular weight is 424 g/mol. The molecule has 0 spiro atoms. The third-order valence-electron chi connectivity index (χ3n) is 6.03. The van der Waals surface area contributed by atoms with E-state index in [1.165, 1.54) is 0 Å². The van der Waals surface area contributed by atoms with Crippen molar-refractivity contribution in [1.82, 2.24) is 29.6 Å². The number of hydrogen-bond donors (Lipinski definition) is 0. The van der Waals surface area contributed by atoms with Crippen molar-refractivity contribution < 1.29 is 18.0 Å². The van der Waals surface area contributed by atoms with Gasteiger partial charge in [-0.1, -0.05) is 20.8 Å². The van der Waals surface area contributed by atoms with Crippen LogP contribution in [-0.2, 0) is 10.2 Å². The highest BCUT2D eigenvalue weighted by atomic mass is 19.4. The molecule has 164 valence electrons. The van der Waals surface area contributed by atoms with Gasteiger partial charge in [0, 0.05) is 17.9 Å². The number of amides is 1. The van der Waals surface area contributed by atoms with Crippen molar-refractivity contribution >= 4 is 11.6 Å². The van der Waals surface area contributed by atoms with Crippen molar-refractivity contribution in [2.24, 2.45) is 0 Å². The number of carbonyl (C=O) groups excluding carboxylic acids is 1. The fourth-order valence-corrected chi connectivity index (χ4v) is 4.36. The maximum atomic E-state index is 12.7. The van der Waals surface area contributed by atoms with Gasteiger partial charge in [-0.3, -0.25) is 9.69 Å². The van der Waals surface area contributed by atoms with Gasteiger partial charge in [0.1, 0.15) is 6.54 Å². The van der Waals surface area contributed by atoms with Gasteiger partial charge >= 0.3 is 6.18 Å². The third-order valence-corrected chi connectivity index (χ3v) is 6.03. The molecule has 0 aromatic carbocycles. The Balaban J connectivity index is 1.43. The quantitative estimate of drug-likeness (QED) is 0.758. The smallest absolute Gasteiger partial charge is 0.332 e. The number of alkyl halides is 3. The minimum Gasteiger partial charge on any atom is -0.332 e. The molecule has 2 aliphatic heterocycles. The number of carbonyl (C=O) groups is 1. The second-order valence-electron chi connectivity index (χ2n) is 9.29. The predicted molar refractivity (Wildman–Crippen MR) is 104 cm³/mol. The van der Waals surface area contributed by atoms with Crippen molar-refractivity contribution in [3.63, 3.8) is 0 Å². The normalized spacial score (nSPS) is 22.4. The second kappa shape index (κ2) is 7.47. The molecule has 30 heavy (non-hydrogen) atoms. The van der Waals surface area contributed by atoms with Crippen LogP contribution in [0.15, 0.2) is 12.1 Å². The van der Waals surface area contributed by atoms with Crippen LogP contribution in [0.2, 0.25) is 0 Å². The molecule has 4 heterocycles. The van der Waals surface area contributed by atoms with Crippen LogP contribution < -0.4 is 0 Å². The molecular formula is C20H27F3N6O. The Morgan fingerprint density at radius 3 is 2.37 bits per heavy atom. The fraction of sp³-hybridized carbons (Fsp3) is 0.700. The SMILES string of the molecule is CC(C)(C)c1ccc2nnc(C3CCN(C4CCN(CC(F)(F)F)C4=O)CC3)n2n1. The van der Waals surface area contributed by atoms with E-state index in [-0.39, 0.29) is 17.9 Å². The lowest BCUT2D eigenvalue weighted by Crippen LogP contribution is -2.46. The summed E-state index contributed by atoms with van der Waals surface area (Å²) in [5.41, 5.74) is 1.56. The van der Waals surface area contributed by atoms with E-state index in [1.54, 1.807) is 0 Å². The lowest BCUT2D eigenvalue weighted by molar-refractivity contribution is -0.159. The van der Waals surface area contributed by atoms with Crippen LogP contribution in [0.5, 0.6) is 0 Å². The summed E-state index contributed by atoms with van der Waals surface area (Å²) in [7, 11) is 0. The van der Waals surface area contributed by atoms with Crippen molar-refractivity contribution in [3.05, 3.63) is 23.7 Å². The Morgan fingerprint density at radius 2 is 1.73 bits per heavy atom. The van der Waals surface area contributed by atoms with Crippen molar-refractivity contribution in [2.75, 3.05) is 26.2 Å². The molecule has 4 rings (SSSR count). The summed E-state index contributed by atoms with van der Waals surface area (Å²) < 4.78 is 39.8. The largest absolute Gasteiger partial charge is 0.406 e. The van der Waals surface area contributed by atoms with E-state index in [9.17, 15) is 18.0 Å². The Bertz CT molecular complexity index is 927. The molecule has 0 N–H and O–H groups in total. The van der Waals surface area contributed by atoms with Crippen LogP contribution in [0.4, 0.5) is 13.2 Å². The molecule has 1 atom stereocenters. The van der Waals surface area contributed by atoms with E-state index in [0.717, 1.165) is 29.3 Å². The van der Waals surface area contributed by atoms with Gasteiger partial charge < -0.3 is 4.90 Å². The summed E-state index contributed by atoms with van der Waals surface area (Å²) in [6.07, 6.45) is -2.37. The van der Waals surface area contributed by atoms with Gasteiger partial charge in [-0.05, 0) is 44.5 Å². The lowest BCUT2D eigenvalue weighted by atomic mass is 9.92. The highest BCUT2D eigenvalue weighted by Gasteiger charge is 2.42. The molecule has 0 aliphatic carbocycles. The first-order chi connectivity index (χ1) is 14.0. The molecule has 2 aromatic rings. The number of fused-ring (bicyclic) bond motifs is 1. The van der Waals surface area contributed by atoms with E-state index >= 15 is 0 Å². The van der Waals surface area contributed by atoms with Crippen LogP contribution in [0, 0.1) is 0 Å². The fourth-order valence-electron chi connectivity index (χ4n) is 4.36. The van der Waals surface area contributed by atoms with E-state index in [4.69, 9.17) is 5.10 Å². The van der Waals surface area contributed by atoms with E-state index in [1.807, 2.05) is 21.5 Å². The third kappa shape index (κ3) is 4.14. The van der Waals surface area contributed by atoms with E-state index in [0.29, 0.717) is 25.2 Å². The Morgan fingerprint density at radius 1 is 1.03 bits per heavy atom. The molecule has 0 saturated carbocycles. The molecule has 0 bridgehead atoms. The van der Waals surface area contributed by atoms with Crippen molar-refractivity contribution in [2.45, 2.75) is 63.6 Å². The molecule has 1 amide bonds. The Hall–Kier alpha value is -2.23. The Labute approximate surface area is 173 Å². The van der Waals surface area contributed by atoms with Crippen LogP contribution in [-0.4, -0.2) is 73.9 Å². The summed E-state index contributed by atoms with van der Waals surface area (Å²) in [6.45, 7) is 6.60. The van der Waals surface area contributed by atoms with Gasteiger partial charge in [0.25, 0.3) is 0 Å². The molecule has 2 aliphatic rings. The first-order valence-electron chi connectivity index (χ1n) is 10.4. The second-order valence-corrected chi connectivity index (χ2v) is 9.29. The summed E-state index contributed by atoms with van der Waals surface area (Å²) in [4.78, 5) is 15.4. The Kier molecular flexibility index (Phi) is 5.24. The molecule has 10 heteroatoms. The van der Waals surface area contributed by atoms with Crippen LogP contribution in [0.3, 0.4) is 0 Å². The van der Waals surface area contributed by atoms with Crippen molar-refractivity contribution in [1.29, 1.82) is 0 Å². The van der Waals surface area contributed by atoms with Gasteiger partial charge in [0.05, 0.1) is 11.7 Å². The molecule has 1 unspecified atom stereocenters. The number of nitrogens with zero attached hydrogens (tertiary/aromatic N) is 6. The van der Waals surface area contributed by atoms with Gasteiger partial charge in [0.15, 0.2) is 11.5 Å². The number of aromatic nitrogens is 4. The zero-order valence-electron chi connectivity index (χ0n) is 17.5. The molecule has 2 saturated heterocycles. The van der Waals surface area contributed by atoms with Gasteiger partial charge in [-0.25, -0.2) is 0 Å². The molecular weight excluding hydrogens is 397 g/mol. The number of piperidine rings is 1. The lowest BCUT2D eigenvalue weighted by Gasteiger charge is -2.34. The number of likely N-dealkylation sites (tertiary alicyclic amines) is 2. The molecule has 2 fully saturated rings. The van der Waals surface area contributed by atoms with E-state index < -0.39 is 24.7 Å². The summed E-state index contributed by atoms with van der Waals surface area (Å²) in [5, 5.41) is 13.3. The zero-order chi connectivity index (χ0) is 21.7. The minimum absolute atomic E-state index is 0.0930. The summed E-state index contributed by atoms with van der Waals surface area (Å²) >= 11 is 0. The minimum atomic E-state index is -4.36. The van der Waals surface area contributed by atoms with E-state index in [2.05, 4.69) is 31.0 Å². The van der Waals surface area contributed by atoms with Crippen LogP contribution >= 0.6 is 0 Å². The molecule has 2 aromatic heterocycles. The highest BCUT2D eigenvalue weighted by molar-refractivity contribution is 5.84. The summed E-state index contributed by atoms with van der Waals surface area (Å²) in [6, 6.07) is 3.44. The van der Waals surface area contributed by atoms with Crippen molar-refractivity contribution in [3.8, 4) is 0 Å². The number of hydrogen-bond acceptors (Lipinski definition) is 5. The van der Waals surface area contributed by atoms with Crippen LogP contribution in [0.1, 0.15) is 57.5 Å². The predicted octanol–water partition coefficient (Wildman–Crippen LogP) is 2.76. The van der Waals surface area contributed by atoms with Gasteiger partial charge in [-0.2, -0.15) is 22.8 Å². The zero-order valence-corrected chi connectivity index (χ0v) is 17.5.